The first-order valence-electron chi connectivity index (χ1n) is 10.3. The summed E-state index contributed by atoms with van der Waals surface area (Å²) in [4.78, 5) is 24.2. The number of aryl methyl sites for hydroxylation is 1. The van der Waals surface area contributed by atoms with Crippen molar-refractivity contribution in [3.63, 3.8) is 0 Å². The summed E-state index contributed by atoms with van der Waals surface area (Å²) >= 11 is 0. The van der Waals surface area contributed by atoms with E-state index in [1.54, 1.807) is 0 Å². The van der Waals surface area contributed by atoms with Gasteiger partial charge < -0.3 is 10.2 Å². The van der Waals surface area contributed by atoms with E-state index < -0.39 is 0 Å². The van der Waals surface area contributed by atoms with Crippen molar-refractivity contribution in [1.29, 1.82) is 0 Å². The molecule has 26 heavy (non-hydrogen) atoms. The third-order valence-electron chi connectivity index (χ3n) is 6.03. The number of carbonyl (C=O) groups excluding carboxylic acids is 1. The second-order valence-corrected chi connectivity index (χ2v) is 7.92. The summed E-state index contributed by atoms with van der Waals surface area (Å²) in [5, 5.41) is 3.16. The van der Waals surface area contributed by atoms with Crippen molar-refractivity contribution in [2.75, 3.05) is 24.5 Å². The predicted octanol–water partition coefficient (Wildman–Crippen LogP) is 3.19. The fourth-order valence-electron chi connectivity index (χ4n) is 4.41. The molecular weight excluding hydrogens is 324 g/mol. The molecule has 1 N–H and O–H groups in total. The lowest BCUT2D eigenvalue weighted by Gasteiger charge is -2.24. The summed E-state index contributed by atoms with van der Waals surface area (Å²) in [6.07, 6.45) is 15.4. The molecular formula is C21H30N4O. The molecule has 1 fully saturated rings. The molecule has 1 aromatic heterocycles. The van der Waals surface area contributed by atoms with Gasteiger partial charge in [0.25, 0.3) is 0 Å². The Morgan fingerprint density at radius 3 is 2.88 bits per heavy atom. The maximum atomic E-state index is 12.5. The highest BCUT2D eigenvalue weighted by Gasteiger charge is 2.27. The van der Waals surface area contributed by atoms with E-state index in [0.717, 1.165) is 62.5 Å². The number of nitrogens with one attached hydrogen (secondary N) is 1. The normalized spacial score (nSPS) is 22.7. The second kappa shape index (κ2) is 8.19. The lowest BCUT2D eigenvalue weighted by atomic mass is 9.86. The Balaban J connectivity index is 1.30. The van der Waals surface area contributed by atoms with E-state index >= 15 is 0 Å². The molecule has 2 heterocycles. The van der Waals surface area contributed by atoms with E-state index in [-0.39, 0.29) is 11.8 Å². The molecule has 0 bridgehead atoms. The molecule has 3 aliphatic rings. The lowest BCUT2D eigenvalue weighted by molar-refractivity contribution is -0.125. The van der Waals surface area contributed by atoms with Crippen LogP contribution in [0.4, 0.5) is 5.95 Å². The largest absolute Gasteiger partial charge is 0.356 e. The minimum absolute atomic E-state index is 0.0732. The Morgan fingerprint density at radius 2 is 2.08 bits per heavy atom. The number of hydrogen-bond acceptors (Lipinski definition) is 4. The molecule has 1 aromatic rings. The number of allylic oxidation sites excluding steroid dienone is 1. The maximum absolute atomic E-state index is 12.5. The van der Waals surface area contributed by atoms with Crippen LogP contribution in [-0.2, 0) is 17.6 Å². The number of nitrogens with zero attached hydrogens (tertiary/aromatic N) is 3. The summed E-state index contributed by atoms with van der Waals surface area (Å²) in [6.45, 7) is 2.92. The fourth-order valence-corrected chi connectivity index (χ4v) is 4.41. The van der Waals surface area contributed by atoms with Crippen LogP contribution in [0.3, 0.4) is 0 Å². The van der Waals surface area contributed by atoms with E-state index in [1.807, 2.05) is 6.20 Å². The topological polar surface area (TPSA) is 58.1 Å². The summed E-state index contributed by atoms with van der Waals surface area (Å²) < 4.78 is 0. The SMILES string of the molecule is O=C(NCCC1=CCCCC1)C1CCc2nc(N3CCCC3)ncc2C1. The molecule has 0 aromatic carbocycles. The first-order chi connectivity index (χ1) is 12.8. The molecule has 140 valence electrons. The van der Waals surface area contributed by atoms with Gasteiger partial charge in [-0.25, -0.2) is 9.97 Å². The Labute approximate surface area is 156 Å². The maximum Gasteiger partial charge on any atom is 0.225 e. The number of rotatable bonds is 5. The Kier molecular flexibility index (Phi) is 5.51. The van der Waals surface area contributed by atoms with Crippen LogP contribution in [0, 0.1) is 5.92 Å². The van der Waals surface area contributed by atoms with Crippen molar-refractivity contribution in [2.24, 2.45) is 5.92 Å². The molecule has 4 rings (SSSR count). The highest BCUT2D eigenvalue weighted by Crippen LogP contribution is 2.26. The van der Waals surface area contributed by atoms with Crippen molar-refractivity contribution < 1.29 is 4.79 Å². The molecule has 1 amide bonds. The van der Waals surface area contributed by atoms with Crippen LogP contribution in [-0.4, -0.2) is 35.5 Å². The summed E-state index contributed by atoms with van der Waals surface area (Å²) in [5.41, 5.74) is 3.83. The Hall–Kier alpha value is -1.91. The number of hydrogen-bond donors (Lipinski definition) is 1. The molecule has 1 saturated heterocycles. The third kappa shape index (κ3) is 4.08. The van der Waals surface area contributed by atoms with Crippen LogP contribution in [0.2, 0.25) is 0 Å². The number of anilines is 1. The van der Waals surface area contributed by atoms with Gasteiger partial charge >= 0.3 is 0 Å². The van der Waals surface area contributed by atoms with Crippen LogP contribution < -0.4 is 10.2 Å². The molecule has 0 radical (unpaired) electrons. The van der Waals surface area contributed by atoms with Gasteiger partial charge in [0, 0.05) is 37.4 Å². The molecule has 1 aliphatic heterocycles. The van der Waals surface area contributed by atoms with Crippen molar-refractivity contribution in [1.82, 2.24) is 15.3 Å². The average molecular weight is 354 g/mol. The number of amides is 1. The van der Waals surface area contributed by atoms with Crippen molar-refractivity contribution >= 4 is 11.9 Å². The number of aromatic nitrogens is 2. The van der Waals surface area contributed by atoms with Crippen molar-refractivity contribution in [3.8, 4) is 0 Å². The third-order valence-corrected chi connectivity index (χ3v) is 6.03. The van der Waals surface area contributed by atoms with E-state index in [2.05, 4.69) is 21.3 Å². The lowest BCUT2D eigenvalue weighted by Crippen LogP contribution is -2.35. The monoisotopic (exact) mass is 354 g/mol. The second-order valence-electron chi connectivity index (χ2n) is 7.92. The summed E-state index contributed by atoms with van der Waals surface area (Å²) in [5.74, 6) is 1.16. The molecule has 1 atom stereocenters. The molecule has 0 spiro atoms. The smallest absolute Gasteiger partial charge is 0.225 e. The highest BCUT2D eigenvalue weighted by atomic mass is 16.1. The molecule has 1 unspecified atom stereocenters. The van der Waals surface area contributed by atoms with Gasteiger partial charge in [0.05, 0.1) is 0 Å². The van der Waals surface area contributed by atoms with E-state index in [0.29, 0.717) is 0 Å². The number of fused-ring (bicyclic) bond motifs is 1. The van der Waals surface area contributed by atoms with Crippen molar-refractivity contribution in [2.45, 2.75) is 64.2 Å². The van der Waals surface area contributed by atoms with Gasteiger partial charge in [0.1, 0.15) is 0 Å². The van der Waals surface area contributed by atoms with Gasteiger partial charge in [0.2, 0.25) is 11.9 Å². The van der Waals surface area contributed by atoms with E-state index in [9.17, 15) is 4.79 Å². The van der Waals surface area contributed by atoms with Gasteiger partial charge in [0.15, 0.2) is 0 Å². The standard InChI is InChI=1S/C21H30N4O/c26-20(22-11-10-16-6-2-1-3-7-16)17-8-9-19-18(14-17)15-23-21(24-19)25-12-4-5-13-25/h6,15,17H,1-5,7-14H2,(H,22,26). The van der Waals surface area contributed by atoms with Gasteiger partial charge in [-0.05, 0) is 69.8 Å². The molecule has 5 nitrogen and oxygen atoms in total. The quantitative estimate of drug-likeness (QED) is 0.825. The summed E-state index contributed by atoms with van der Waals surface area (Å²) in [7, 11) is 0. The van der Waals surface area contributed by atoms with Gasteiger partial charge in [-0.1, -0.05) is 11.6 Å². The van der Waals surface area contributed by atoms with Gasteiger partial charge in [-0.2, -0.15) is 0 Å². The Bertz CT molecular complexity index is 679. The van der Waals surface area contributed by atoms with E-state index in [1.165, 1.54) is 44.1 Å². The fraction of sp³-hybridized carbons (Fsp3) is 0.667. The van der Waals surface area contributed by atoms with Crippen molar-refractivity contribution in [3.05, 3.63) is 29.1 Å². The zero-order chi connectivity index (χ0) is 17.8. The first-order valence-corrected chi connectivity index (χ1v) is 10.3. The minimum Gasteiger partial charge on any atom is -0.356 e. The highest BCUT2D eigenvalue weighted by molar-refractivity contribution is 5.79. The Morgan fingerprint density at radius 1 is 1.19 bits per heavy atom. The van der Waals surface area contributed by atoms with Crippen LogP contribution in [0.5, 0.6) is 0 Å². The average Bonchev–Trinajstić information content (AvgIpc) is 3.23. The minimum atomic E-state index is 0.0732. The summed E-state index contributed by atoms with van der Waals surface area (Å²) in [6, 6.07) is 0. The van der Waals surface area contributed by atoms with Gasteiger partial charge in [-0.3, -0.25) is 4.79 Å². The van der Waals surface area contributed by atoms with Crippen LogP contribution in [0.1, 0.15) is 62.6 Å². The van der Waals surface area contributed by atoms with Crippen LogP contribution in [0.25, 0.3) is 0 Å². The van der Waals surface area contributed by atoms with Crippen LogP contribution >= 0.6 is 0 Å². The van der Waals surface area contributed by atoms with E-state index in [4.69, 9.17) is 4.98 Å². The van der Waals surface area contributed by atoms with Crippen LogP contribution in [0.15, 0.2) is 17.8 Å². The zero-order valence-corrected chi connectivity index (χ0v) is 15.7. The van der Waals surface area contributed by atoms with Gasteiger partial charge in [-0.15, -0.1) is 0 Å². The molecule has 2 aliphatic carbocycles. The zero-order valence-electron chi connectivity index (χ0n) is 15.7. The number of carbonyl (C=O) groups is 1. The first kappa shape index (κ1) is 17.5. The predicted molar refractivity (Wildman–Crippen MR) is 103 cm³/mol. The molecule has 0 saturated carbocycles. The molecule has 5 heteroatoms.